The van der Waals surface area contributed by atoms with Crippen LogP contribution in [-0.2, 0) is 9.59 Å². The van der Waals surface area contributed by atoms with Crippen LogP contribution in [-0.4, -0.2) is 16.9 Å². The van der Waals surface area contributed by atoms with Crippen molar-refractivity contribution in [2.24, 2.45) is 0 Å². The van der Waals surface area contributed by atoms with Gasteiger partial charge in [0.05, 0.1) is 6.26 Å². The molecule has 68 valence electrons. The Kier molecular flexibility index (Phi) is 2.64. The van der Waals surface area contributed by atoms with Gasteiger partial charge in [-0.05, 0) is 25.1 Å². The summed E-state index contributed by atoms with van der Waals surface area (Å²) in [6.07, 6.45) is 2.61. The molecule has 0 amide bonds. The van der Waals surface area contributed by atoms with Crippen molar-refractivity contribution in [2.75, 3.05) is 0 Å². The fraction of sp³-hybridized carbons (Fsp3) is 0.111. The molecule has 13 heavy (non-hydrogen) atoms. The molecule has 0 aromatic carbocycles. The highest BCUT2D eigenvalue weighted by molar-refractivity contribution is 6.18. The minimum absolute atomic E-state index is 0.282. The van der Waals surface area contributed by atoms with E-state index in [0.29, 0.717) is 5.76 Å². The molecule has 1 aromatic heterocycles. The van der Waals surface area contributed by atoms with Crippen molar-refractivity contribution in [1.82, 2.24) is 0 Å². The minimum atomic E-state index is -1.25. The average molecular weight is 180 g/mol. The zero-order chi connectivity index (χ0) is 9.84. The van der Waals surface area contributed by atoms with E-state index in [1.807, 2.05) is 0 Å². The molecule has 0 aliphatic rings. The first-order valence-corrected chi connectivity index (χ1v) is 3.60. The Morgan fingerprint density at radius 3 is 2.62 bits per heavy atom. The zero-order valence-corrected chi connectivity index (χ0v) is 6.98. The number of carbonyl (C=O) groups excluding carboxylic acids is 1. The van der Waals surface area contributed by atoms with Gasteiger partial charge in [-0.2, -0.15) is 0 Å². The molecule has 1 heterocycles. The van der Waals surface area contributed by atoms with Crippen LogP contribution in [0.15, 0.2) is 28.4 Å². The summed E-state index contributed by atoms with van der Waals surface area (Å²) >= 11 is 0. The Balaban J connectivity index is 3.01. The zero-order valence-electron chi connectivity index (χ0n) is 6.98. The third-order valence-electron chi connectivity index (χ3n) is 1.44. The fourth-order valence-electron chi connectivity index (χ4n) is 0.830. The summed E-state index contributed by atoms with van der Waals surface area (Å²) in [5, 5.41) is 8.61. The van der Waals surface area contributed by atoms with Gasteiger partial charge in [0.15, 0.2) is 5.78 Å². The number of hydrogen-bond donors (Lipinski definition) is 1. The Bertz CT molecular complexity index is 330. The lowest BCUT2D eigenvalue weighted by Crippen LogP contribution is -2.08. The monoisotopic (exact) mass is 180 g/mol. The summed E-state index contributed by atoms with van der Waals surface area (Å²) < 4.78 is 4.87. The second-order valence-corrected chi connectivity index (χ2v) is 2.43. The lowest BCUT2D eigenvalue weighted by atomic mass is 10.1. The van der Waals surface area contributed by atoms with Crippen LogP contribution in [0.25, 0.3) is 6.08 Å². The average Bonchev–Trinajstić information content (AvgIpc) is 2.50. The van der Waals surface area contributed by atoms with Gasteiger partial charge in [-0.15, -0.1) is 0 Å². The first-order chi connectivity index (χ1) is 6.11. The number of Topliss-reactive ketones (excluding diaryl/α,β-unsaturated/α-hetero) is 1. The second-order valence-electron chi connectivity index (χ2n) is 2.43. The number of ketones is 1. The number of rotatable bonds is 3. The molecule has 1 N–H and O–H groups in total. The maximum absolute atomic E-state index is 10.8. The number of carboxylic acid groups (broad SMARTS) is 1. The van der Waals surface area contributed by atoms with Crippen molar-refractivity contribution in [3.05, 3.63) is 29.7 Å². The van der Waals surface area contributed by atoms with Crippen LogP contribution in [0.1, 0.15) is 12.7 Å². The molecule has 0 bridgehead atoms. The largest absolute Gasteiger partial charge is 0.478 e. The molecular weight excluding hydrogens is 172 g/mol. The third-order valence-corrected chi connectivity index (χ3v) is 1.44. The predicted molar refractivity (Wildman–Crippen MR) is 45.0 cm³/mol. The van der Waals surface area contributed by atoms with Gasteiger partial charge in [0.25, 0.3) is 0 Å². The molecule has 0 aliphatic carbocycles. The van der Waals surface area contributed by atoms with Gasteiger partial charge in [-0.25, -0.2) is 4.79 Å². The van der Waals surface area contributed by atoms with Gasteiger partial charge in [0.2, 0.25) is 0 Å². The summed E-state index contributed by atoms with van der Waals surface area (Å²) in [5.41, 5.74) is -0.282. The standard InChI is InChI=1S/C9H8O4/c1-6(10)8(9(11)12)5-7-3-2-4-13-7/h2-5H,1H3,(H,11,12)/b8-5-. The van der Waals surface area contributed by atoms with Crippen molar-refractivity contribution >= 4 is 17.8 Å². The minimum Gasteiger partial charge on any atom is -0.478 e. The molecule has 1 rings (SSSR count). The molecule has 0 radical (unpaired) electrons. The second kappa shape index (κ2) is 3.71. The number of furan rings is 1. The van der Waals surface area contributed by atoms with Crippen molar-refractivity contribution < 1.29 is 19.1 Å². The van der Waals surface area contributed by atoms with Gasteiger partial charge in [0.1, 0.15) is 11.3 Å². The van der Waals surface area contributed by atoms with Crippen LogP contribution in [0.5, 0.6) is 0 Å². The smallest absolute Gasteiger partial charge is 0.339 e. The van der Waals surface area contributed by atoms with Crippen LogP contribution in [0, 0.1) is 0 Å². The summed E-state index contributed by atoms with van der Waals surface area (Å²) in [6.45, 7) is 1.20. The highest BCUT2D eigenvalue weighted by Crippen LogP contribution is 2.08. The van der Waals surface area contributed by atoms with Crippen LogP contribution in [0.3, 0.4) is 0 Å². The molecular formula is C9H8O4. The maximum atomic E-state index is 10.8. The van der Waals surface area contributed by atoms with E-state index in [0.717, 1.165) is 0 Å². The van der Waals surface area contributed by atoms with E-state index in [9.17, 15) is 9.59 Å². The number of aliphatic carboxylic acids is 1. The van der Waals surface area contributed by atoms with Gasteiger partial charge >= 0.3 is 5.97 Å². The van der Waals surface area contributed by atoms with Gasteiger partial charge in [0, 0.05) is 0 Å². The Morgan fingerprint density at radius 1 is 1.54 bits per heavy atom. The van der Waals surface area contributed by atoms with Crippen molar-refractivity contribution in [1.29, 1.82) is 0 Å². The number of hydrogen-bond acceptors (Lipinski definition) is 3. The first kappa shape index (κ1) is 9.25. The van der Waals surface area contributed by atoms with Crippen LogP contribution < -0.4 is 0 Å². The normalized spacial score (nSPS) is 11.3. The third kappa shape index (κ3) is 2.30. The van der Waals surface area contributed by atoms with E-state index in [4.69, 9.17) is 9.52 Å². The summed E-state index contributed by atoms with van der Waals surface area (Å²) in [6, 6.07) is 3.19. The van der Waals surface area contributed by atoms with Crippen molar-refractivity contribution in [3.8, 4) is 0 Å². The fourth-order valence-corrected chi connectivity index (χ4v) is 0.830. The first-order valence-electron chi connectivity index (χ1n) is 3.60. The molecule has 0 unspecified atom stereocenters. The van der Waals surface area contributed by atoms with Crippen LogP contribution >= 0.6 is 0 Å². The molecule has 0 aliphatic heterocycles. The molecule has 1 aromatic rings. The molecule has 0 spiro atoms. The van der Waals surface area contributed by atoms with Gasteiger partial charge < -0.3 is 9.52 Å². The lowest BCUT2D eigenvalue weighted by molar-refractivity contribution is -0.134. The highest BCUT2D eigenvalue weighted by Gasteiger charge is 2.12. The van der Waals surface area contributed by atoms with Crippen LogP contribution in [0.4, 0.5) is 0 Å². The Labute approximate surface area is 74.5 Å². The highest BCUT2D eigenvalue weighted by atomic mass is 16.4. The van der Waals surface area contributed by atoms with E-state index < -0.39 is 11.8 Å². The molecule has 0 saturated heterocycles. The lowest BCUT2D eigenvalue weighted by Gasteiger charge is -1.93. The summed E-state index contributed by atoms with van der Waals surface area (Å²) in [4.78, 5) is 21.4. The molecule has 0 fully saturated rings. The van der Waals surface area contributed by atoms with Gasteiger partial charge in [-0.1, -0.05) is 0 Å². The SMILES string of the molecule is CC(=O)/C(=C/c1ccco1)C(=O)O. The van der Waals surface area contributed by atoms with Crippen LogP contribution in [0.2, 0.25) is 0 Å². The quantitative estimate of drug-likeness (QED) is 0.433. The topological polar surface area (TPSA) is 67.5 Å². The molecule has 0 saturated carbocycles. The van der Waals surface area contributed by atoms with Gasteiger partial charge in [-0.3, -0.25) is 4.79 Å². The summed E-state index contributed by atoms with van der Waals surface area (Å²) in [5.74, 6) is -1.39. The maximum Gasteiger partial charge on any atom is 0.339 e. The van der Waals surface area contributed by atoms with Crippen molar-refractivity contribution in [3.63, 3.8) is 0 Å². The van der Waals surface area contributed by atoms with Crippen molar-refractivity contribution in [2.45, 2.75) is 6.92 Å². The number of carbonyl (C=O) groups is 2. The Morgan fingerprint density at radius 2 is 2.23 bits per heavy atom. The molecule has 0 atom stereocenters. The van der Waals surface area contributed by atoms with E-state index in [1.54, 1.807) is 12.1 Å². The Hall–Kier alpha value is -1.84. The van der Waals surface area contributed by atoms with E-state index in [-0.39, 0.29) is 5.57 Å². The summed E-state index contributed by atoms with van der Waals surface area (Å²) in [7, 11) is 0. The number of carboxylic acids is 1. The molecule has 4 nitrogen and oxygen atoms in total. The van der Waals surface area contributed by atoms with E-state index in [1.165, 1.54) is 19.3 Å². The molecule has 4 heteroatoms. The van der Waals surface area contributed by atoms with E-state index >= 15 is 0 Å². The van der Waals surface area contributed by atoms with E-state index in [2.05, 4.69) is 0 Å². The predicted octanol–water partition coefficient (Wildman–Crippen LogP) is 1.34.